The highest BCUT2D eigenvalue weighted by molar-refractivity contribution is 5.95. The van der Waals surface area contributed by atoms with E-state index in [1.165, 1.54) is 43.5 Å². The Kier molecular flexibility index (Phi) is 9.56. The molecule has 3 aromatic carbocycles. The molecule has 5 aromatic rings. The Bertz CT molecular complexity index is 2040. The highest BCUT2D eigenvalue weighted by Crippen LogP contribution is 2.32. The predicted molar refractivity (Wildman–Crippen MR) is 166 cm³/mol. The summed E-state index contributed by atoms with van der Waals surface area (Å²) in [6.07, 6.45) is 0.521. The number of hydrogen-bond acceptors (Lipinski definition) is 8. The molecule has 13 heteroatoms. The smallest absolute Gasteiger partial charge is 0.335 e. The van der Waals surface area contributed by atoms with Gasteiger partial charge in [-0.3, -0.25) is 0 Å². The minimum atomic E-state index is -1.16. The number of fused-ring (bicyclic) bond motifs is 1. The number of pyridine rings is 1. The van der Waals surface area contributed by atoms with Crippen molar-refractivity contribution in [3.63, 3.8) is 0 Å². The Morgan fingerprint density at radius 1 is 1.02 bits per heavy atom. The fraction of sp³-hybridized carbons (Fsp3) is 0.257. The topological polar surface area (TPSA) is 129 Å². The molecule has 1 saturated heterocycles. The van der Waals surface area contributed by atoms with Gasteiger partial charge in [-0.2, -0.15) is 5.26 Å². The number of aromatic nitrogens is 3. The lowest BCUT2D eigenvalue weighted by molar-refractivity contribution is -0.0589. The number of benzene rings is 3. The molecule has 1 aliphatic heterocycles. The largest absolute Gasteiger partial charge is 0.489 e. The number of imidazole rings is 1. The van der Waals surface area contributed by atoms with Crippen LogP contribution in [0.2, 0.25) is 0 Å². The van der Waals surface area contributed by atoms with Crippen molar-refractivity contribution in [2.45, 2.75) is 32.1 Å². The van der Waals surface area contributed by atoms with Crippen molar-refractivity contribution >= 4 is 17.0 Å². The van der Waals surface area contributed by atoms with Crippen LogP contribution in [-0.2, 0) is 29.0 Å². The van der Waals surface area contributed by atoms with Gasteiger partial charge >= 0.3 is 5.97 Å². The first kappa shape index (κ1) is 32.5. The molecule has 10 nitrogen and oxygen atoms in total. The third kappa shape index (κ3) is 6.95. The van der Waals surface area contributed by atoms with Crippen LogP contribution >= 0.6 is 0 Å². The number of hydrogen-bond donors (Lipinski definition) is 1. The van der Waals surface area contributed by atoms with Crippen molar-refractivity contribution in [1.29, 1.82) is 5.26 Å². The van der Waals surface area contributed by atoms with Crippen molar-refractivity contribution in [2.24, 2.45) is 0 Å². The number of nitriles is 1. The molecule has 2 aromatic heterocycles. The first-order valence-electron chi connectivity index (χ1n) is 15.0. The van der Waals surface area contributed by atoms with Crippen LogP contribution in [-0.4, -0.2) is 58.6 Å². The molecular weight excluding hydrogens is 629 g/mol. The van der Waals surface area contributed by atoms with Gasteiger partial charge in [-0.1, -0.05) is 12.1 Å². The first-order chi connectivity index (χ1) is 23.2. The number of aromatic carboxylic acids is 1. The van der Waals surface area contributed by atoms with Crippen molar-refractivity contribution in [3.8, 4) is 29.0 Å². The molecule has 1 aliphatic rings. The number of carboxylic acids is 1. The molecule has 0 unspecified atom stereocenters. The Hall–Kier alpha value is -5.45. The summed E-state index contributed by atoms with van der Waals surface area (Å²) in [6, 6.07) is 15.4. The normalized spacial score (nSPS) is 14.0. The number of ether oxygens (including phenoxy) is 4. The minimum Gasteiger partial charge on any atom is -0.489 e. The monoisotopic (exact) mass is 658 g/mol. The second-order valence-corrected chi connectivity index (χ2v) is 11.1. The zero-order valence-corrected chi connectivity index (χ0v) is 25.7. The molecule has 6 rings (SSSR count). The van der Waals surface area contributed by atoms with Crippen LogP contribution in [0, 0.1) is 28.8 Å². The van der Waals surface area contributed by atoms with E-state index in [1.54, 1.807) is 10.6 Å². The van der Waals surface area contributed by atoms with Crippen LogP contribution < -0.4 is 9.47 Å². The van der Waals surface area contributed by atoms with E-state index in [0.717, 1.165) is 24.6 Å². The van der Waals surface area contributed by atoms with E-state index in [1.807, 2.05) is 6.07 Å². The summed E-state index contributed by atoms with van der Waals surface area (Å²) in [5, 5.41) is 18.7. The van der Waals surface area contributed by atoms with E-state index in [0.29, 0.717) is 30.0 Å². The average molecular weight is 659 g/mol. The zero-order valence-electron chi connectivity index (χ0n) is 25.7. The van der Waals surface area contributed by atoms with E-state index in [2.05, 4.69) is 4.98 Å². The van der Waals surface area contributed by atoms with Gasteiger partial charge < -0.3 is 28.6 Å². The Morgan fingerprint density at radius 2 is 1.83 bits per heavy atom. The summed E-state index contributed by atoms with van der Waals surface area (Å²) in [6.45, 7) is 1.14. The van der Waals surface area contributed by atoms with Crippen molar-refractivity contribution in [3.05, 3.63) is 106 Å². The van der Waals surface area contributed by atoms with Crippen molar-refractivity contribution < 1.29 is 42.0 Å². The van der Waals surface area contributed by atoms with Crippen LogP contribution in [0.1, 0.15) is 39.3 Å². The number of halogens is 3. The maximum absolute atomic E-state index is 15.7. The second-order valence-electron chi connectivity index (χ2n) is 11.1. The Morgan fingerprint density at radius 3 is 2.54 bits per heavy atom. The van der Waals surface area contributed by atoms with Gasteiger partial charge in [-0.15, -0.1) is 0 Å². The maximum Gasteiger partial charge on any atom is 0.335 e. The molecule has 0 spiro atoms. The average Bonchev–Trinajstić information content (AvgIpc) is 3.40. The van der Waals surface area contributed by atoms with E-state index in [-0.39, 0.29) is 77.5 Å². The SMILES string of the molecule is COCCOc1cc(C(=O)O)cc2c1nc(Cc1cc(F)c(-c3cccc(OCc4ccc(C#N)cc4F)n3)cc1F)n2C[C@@H]1CCO1. The van der Waals surface area contributed by atoms with E-state index in [4.69, 9.17) is 29.2 Å². The molecule has 1 atom stereocenters. The summed E-state index contributed by atoms with van der Waals surface area (Å²) in [5.41, 5.74) is 1.21. The maximum atomic E-state index is 15.7. The Labute approximate surface area is 272 Å². The van der Waals surface area contributed by atoms with Gasteiger partial charge in [0.1, 0.15) is 47.8 Å². The highest BCUT2D eigenvalue weighted by Gasteiger charge is 2.25. The van der Waals surface area contributed by atoms with Crippen LogP contribution in [0.15, 0.2) is 60.7 Å². The Balaban J connectivity index is 1.29. The molecule has 48 heavy (non-hydrogen) atoms. The quantitative estimate of drug-likeness (QED) is 0.150. The van der Waals surface area contributed by atoms with E-state index in [9.17, 15) is 14.3 Å². The van der Waals surface area contributed by atoms with Gasteiger partial charge in [-0.25, -0.2) is 27.9 Å². The van der Waals surface area contributed by atoms with Crippen LogP contribution in [0.5, 0.6) is 11.6 Å². The molecule has 1 N–H and O–H groups in total. The lowest BCUT2D eigenvalue weighted by atomic mass is 10.0. The minimum absolute atomic E-state index is 0.0144. The molecule has 3 heterocycles. The van der Waals surface area contributed by atoms with Crippen LogP contribution in [0.3, 0.4) is 0 Å². The highest BCUT2D eigenvalue weighted by atomic mass is 19.1. The summed E-state index contributed by atoms with van der Waals surface area (Å²) in [7, 11) is 1.51. The summed E-state index contributed by atoms with van der Waals surface area (Å²) in [4.78, 5) is 20.9. The molecular formula is C35H29F3N4O6. The second kappa shape index (κ2) is 14.1. The van der Waals surface area contributed by atoms with Gasteiger partial charge in [0.15, 0.2) is 0 Å². The van der Waals surface area contributed by atoms with Crippen molar-refractivity contribution in [2.75, 3.05) is 26.9 Å². The number of nitrogens with zero attached hydrogens (tertiary/aromatic N) is 4. The molecule has 0 amide bonds. The van der Waals surface area contributed by atoms with Gasteiger partial charge in [-0.05, 0) is 54.4 Å². The van der Waals surface area contributed by atoms with Gasteiger partial charge in [0.2, 0.25) is 5.88 Å². The van der Waals surface area contributed by atoms with Crippen molar-refractivity contribution in [1.82, 2.24) is 14.5 Å². The molecule has 0 aliphatic carbocycles. The molecule has 246 valence electrons. The molecule has 0 saturated carbocycles. The number of carbonyl (C=O) groups is 1. The van der Waals surface area contributed by atoms with Crippen LogP contribution in [0.25, 0.3) is 22.3 Å². The fourth-order valence-corrected chi connectivity index (χ4v) is 5.30. The summed E-state index contributed by atoms with van der Waals surface area (Å²) < 4.78 is 69.5. The number of carboxylic acid groups (broad SMARTS) is 1. The van der Waals surface area contributed by atoms with Gasteiger partial charge in [0.25, 0.3) is 0 Å². The molecule has 0 bridgehead atoms. The summed E-state index contributed by atoms with van der Waals surface area (Å²) >= 11 is 0. The molecule has 1 fully saturated rings. The lowest BCUT2D eigenvalue weighted by Gasteiger charge is -2.27. The third-order valence-electron chi connectivity index (χ3n) is 7.91. The van der Waals surface area contributed by atoms with Crippen LogP contribution in [0.4, 0.5) is 13.2 Å². The summed E-state index contributed by atoms with van der Waals surface area (Å²) in [5.74, 6) is -2.55. The number of methoxy groups -OCH3 is 1. The molecule has 0 radical (unpaired) electrons. The fourth-order valence-electron chi connectivity index (χ4n) is 5.30. The standard InChI is InChI=1S/C35H29F3N4O6/c1-45-9-10-47-31-14-23(35(43)44)13-30-34(31)41-32(42(30)18-24-7-8-46-24)15-22-12-28(38)25(16-27(22)37)29-3-2-4-33(40-29)48-19-21-6-5-20(17-39)11-26(21)36/h2-6,11-14,16,24H,7-10,15,18-19H2,1H3,(H,43,44)/t24-/m0/s1. The number of rotatable bonds is 13. The first-order valence-corrected chi connectivity index (χ1v) is 15.0. The van der Waals surface area contributed by atoms with E-state index < -0.39 is 23.4 Å². The third-order valence-corrected chi connectivity index (χ3v) is 7.91. The van der Waals surface area contributed by atoms with Gasteiger partial charge in [0, 0.05) is 37.3 Å². The van der Waals surface area contributed by atoms with Gasteiger partial charge in [0.05, 0.1) is 47.7 Å². The zero-order chi connectivity index (χ0) is 33.8. The predicted octanol–water partition coefficient (Wildman–Crippen LogP) is 6.07. The lowest BCUT2D eigenvalue weighted by Crippen LogP contribution is -2.31. The van der Waals surface area contributed by atoms with E-state index >= 15 is 8.78 Å².